The highest BCUT2D eigenvalue weighted by Crippen LogP contribution is 2.40. The Kier molecular flexibility index (Phi) is 6.60. The molecule has 3 aliphatic heterocycles. The predicted octanol–water partition coefficient (Wildman–Crippen LogP) is 2.73. The van der Waals surface area contributed by atoms with E-state index in [2.05, 4.69) is 17.7 Å². The Morgan fingerprint density at radius 2 is 1.87 bits per heavy atom. The fourth-order valence-electron chi connectivity index (χ4n) is 5.13. The number of fused-ring (bicyclic) bond motifs is 5. The van der Waals surface area contributed by atoms with E-state index in [-0.39, 0.29) is 30.7 Å². The van der Waals surface area contributed by atoms with Gasteiger partial charge in [0.25, 0.3) is 5.91 Å². The van der Waals surface area contributed by atoms with Crippen molar-refractivity contribution in [1.29, 1.82) is 0 Å². The van der Waals surface area contributed by atoms with Gasteiger partial charge >= 0.3 is 0 Å². The van der Waals surface area contributed by atoms with Crippen LogP contribution < -0.4 is 9.46 Å². The van der Waals surface area contributed by atoms with Crippen LogP contribution in [0.1, 0.15) is 63.0 Å². The smallest absolute Gasteiger partial charge is 0.260 e. The zero-order valence-electron chi connectivity index (χ0n) is 18.7. The number of amides is 1. The fraction of sp³-hybridized carbons (Fsp3) is 0.696. The van der Waals surface area contributed by atoms with Crippen LogP contribution in [0.25, 0.3) is 0 Å². The summed E-state index contributed by atoms with van der Waals surface area (Å²) in [6, 6.07) is 5.37. The summed E-state index contributed by atoms with van der Waals surface area (Å²) >= 11 is 0. The van der Waals surface area contributed by atoms with Gasteiger partial charge in [0.2, 0.25) is 10.0 Å². The third kappa shape index (κ3) is 4.76. The van der Waals surface area contributed by atoms with Gasteiger partial charge in [-0.1, -0.05) is 12.1 Å². The second-order valence-electron chi connectivity index (χ2n) is 9.34. The Bertz CT molecular complexity index is 909. The number of carbonyl (C=O) groups excluding carboxylic acids is 1. The van der Waals surface area contributed by atoms with Crippen molar-refractivity contribution in [2.45, 2.75) is 82.2 Å². The number of benzene rings is 1. The first-order chi connectivity index (χ1) is 14.8. The Balaban J connectivity index is 1.60. The zero-order chi connectivity index (χ0) is 22.2. The molecule has 3 heterocycles. The Hall–Kier alpha value is -1.64. The molecule has 1 aromatic rings. The van der Waals surface area contributed by atoms with Gasteiger partial charge in [0, 0.05) is 18.2 Å². The highest BCUT2D eigenvalue weighted by molar-refractivity contribution is 7.90. The molecule has 1 saturated heterocycles. The summed E-state index contributed by atoms with van der Waals surface area (Å²) in [6.45, 7) is 6.22. The van der Waals surface area contributed by atoms with Gasteiger partial charge in [-0.3, -0.25) is 4.79 Å². The van der Waals surface area contributed by atoms with Gasteiger partial charge in [-0.2, -0.15) is 0 Å². The van der Waals surface area contributed by atoms with E-state index in [1.165, 1.54) is 11.1 Å². The Morgan fingerprint density at radius 1 is 1.13 bits per heavy atom. The normalized spacial score (nSPS) is 29.5. The summed E-state index contributed by atoms with van der Waals surface area (Å²) in [5.74, 6) is 1.08. The maximum Gasteiger partial charge on any atom is 0.260 e. The lowest BCUT2D eigenvalue weighted by atomic mass is 9.80. The summed E-state index contributed by atoms with van der Waals surface area (Å²) in [4.78, 5) is 14.8. The minimum atomic E-state index is -3.44. The summed E-state index contributed by atoms with van der Waals surface area (Å²) in [6.07, 6.45) is 4.69. The minimum absolute atomic E-state index is 0.0489. The molecule has 0 aromatic heterocycles. The fourth-order valence-corrected chi connectivity index (χ4v) is 6.10. The number of nitrogens with one attached hydrogen (secondary N) is 1. The van der Waals surface area contributed by atoms with E-state index in [1.807, 2.05) is 12.1 Å². The second kappa shape index (κ2) is 9.08. The van der Waals surface area contributed by atoms with E-state index in [9.17, 15) is 13.2 Å². The largest absolute Gasteiger partial charge is 0.483 e. The molecule has 2 atom stereocenters. The van der Waals surface area contributed by atoms with Gasteiger partial charge in [-0.15, -0.1) is 0 Å². The molecule has 0 unspecified atom stereocenters. The summed E-state index contributed by atoms with van der Waals surface area (Å²) < 4.78 is 40.1. The van der Waals surface area contributed by atoms with Crippen LogP contribution in [0.5, 0.6) is 5.75 Å². The molecule has 8 heteroatoms. The number of sulfonamides is 1. The van der Waals surface area contributed by atoms with Crippen molar-refractivity contribution >= 4 is 15.9 Å². The van der Waals surface area contributed by atoms with Crippen molar-refractivity contribution < 1.29 is 22.7 Å². The quantitative estimate of drug-likeness (QED) is 0.765. The van der Waals surface area contributed by atoms with Gasteiger partial charge in [0.1, 0.15) is 5.75 Å². The van der Waals surface area contributed by atoms with E-state index >= 15 is 0 Å². The van der Waals surface area contributed by atoms with Crippen LogP contribution >= 0.6 is 0 Å². The van der Waals surface area contributed by atoms with Gasteiger partial charge in [0.05, 0.1) is 24.0 Å². The number of aryl methyl sites for hydroxylation is 1. The van der Waals surface area contributed by atoms with Crippen LogP contribution in [0.3, 0.4) is 0 Å². The molecule has 0 radical (unpaired) electrons. The maximum absolute atomic E-state index is 13.1. The third-order valence-electron chi connectivity index (χ3n) is 7.02. The lowest BCUT2D eigenvalue weighted by molar-refractivity contribution is -0.136. The summed E-state index contributed by atoms with van der Waals surface area (Å²) in [5.41, 5.74) is 2.42. The first-order valence-electron chi connectivity index (χ1n) is 11.4. The number of hydrogen-bond acceptors (Lipinski definition) is 5. The average Bonchev–Trinajstić information content (AvgIpc) is 3.12. The highest BCUT2D eigenvalue weighted by atomic mass is 32.2. The van der Waals surface area contributed by atoms with Crippen molar-refractivity contribution in [3.8, 4) is 5.75 Å². The molecule has 1 N–H and O–H groups in total. The van der Waals surface area contributed by atoms with E-state index in [0.29, 0.717) is 25.5 Å². The van der Waals surface area contributed by atoms with Gasteiger partial charge < -0.3 is 14.4 Å². The van der Waals surface area contributed by atoms with Gasteiger partial charge in [-0.25, -0.2) is 13.1 Å². The molecule has 31 heavy (non-hydrogen) atoms. The summed E-state index contributed by atoms with van der Waals surface area (Å²) in [5, 5.41) is -0.522. The Morgan fingerprint density at radius 3 is 2.58 bits per heavy atom. The number of nitrogens with zero attached hydrogens (tertiary/aromatic N) is 1. The van der Waals surface area contributed by atoms with Crippen molar-refractivity contribution in [3.63, 3.8) is 0 Å². The molecule has 7 nitrogen and oxygen atoms in total. The van der Waals surface area contributed by atoms with Gasteiger partial charge in [0.15, 0.2) is 6.61 Å². The number of hydrogen-bond donors (Lipinski definition) is 1. The van der Waals surface area contributed by atoms with Crippen molar-refractivity contribution in [2.75, 3.05) is 19.8 Å². The van der Waals surface area contributed by atoms with Crippen LogP contribution in [0.4, 0.5) is 0 Å². The zero-order valence-corrected chi connectivity index (χ0v) is 19.5. The van der Waals surface area contributed by atoms with Crippen LogP contribution in [-0.2, 0) is 19.6 Å². The maximum atomic E-state index is 13.1. The van der Waals surface area contributed by atoms with Crippen molar-refractivity contribution in [3.05, 3.63) is 29.3 Å². The Labute approximate surface area is 185 Å². The molecule has 1 aromatic carbocycles. The van der Waals surface area contributed by atoms with E-state index in [0.717, 1.165) is 31.4 Å². The standard InChI is InChI=1S/C23H34N2O5S/c1-15(2)31(27,28)24-19-11-12-25-20(19)13-29-18-9-7-17(8-10-18)23-16(3)5-4-6-21(23)30-14-22(25)26/h4-6,15,17-20,24H,7-14H2,1-3H3/t17-,18+,19-,20-/m0/s1. The topological polar surface area (TPSA) is 84.9 Å². The van der Waals surface area contributed by atoms with Crippen LogP contribution in [0.15, 0.2) is 18.2 Å². The second-order valence-corrected chi connectivity index (χ2v) is 11.6. The van der Waals surface area contributed by atoms with Crippen molar-refractivity contribution in [2.24, 2.45) is 0 Å². The summed E-state index contributed by atoms with van der Waals surface area (Å²) in [7, 11) is -3.44. The van der Waals surface area contributed by atoms with Crippen LogP contribution in [0, 0.1) is 6.92 Å². The lowest BCUT2D eigenvalue weighted by Gasteiger charge is -2.32. The molecule has 1 amide bonds. The molecular formula is C23H34N2O5S. The van der Waals surface area contributed by atoms with Crippen LogP contribution in [-0.4, -0.2) is 62.4 Å². The molecule has 5 rings (SSSR count). The number of rotatable bonds is 3. The monoisotopic (exact) mass is 450 g/mol. The molecule has 172 valence electrons. The average molecular weight is 451 g/mol. The van der Waals surface area contributed by atoms with E-state index in [4.69, 9.17) is 9.47 Å². The number of ether oxygens (including phenoxy) is 2. The van der Waals surface area contributed by atoms with E-state index < -0.39 is 15.3 Å². The highest BCUT2D eigenvalue weighted by Gasteiger charge is 2.40. The molecule has 1 aliphatic carbocycles. The third-order valence-corrected chi connectivity index (χ3v) is 8.90. The molecule has 0 spiro atoms. The first kappa shape index (κ1) is 22.6. The van der Waals surface area contributed by atoms with Gasteiger partial charge in [-0.05, 0) is 70.4 Å². The minimum Gasteiger partial charge on any atom is -0.483 e. The van der Waals surface area contributed by atoms with Crippen LogP contribution in [0.2, 0.25) is 0 Å². The molecule has 2 bridgehead atoms. The number of carbonyl (C=O) groups is 1. The lowest BCUT2D eigenvalue weighted by Crippen LogP contribution is -2.51. The van der Waals surface area contributed by atoms with Crippen molar-refractivity contribution in [1.82, 2.24) is 9.62 Å². The first-order valence-corrected chi connectivity index (χ1v) is 13.0. The molecule has 1 saturated carbocycles. The predicted molar refractivity (Wildman–Crippen MR) is 119 cm³/mol. The molecular weight excluding hydrogens is 416 g/mol. The SMILES string of the molecule is Cc1cccc2c1[C@H]1CC[C@H](CC1)OC[C@H]1[C@@H](NS(=O)(=O)C(C)C)CCN1C(=O)CO2. The molecule has 2 fully saturated rings. The molecule has 4 aliphatic rings. The van der Waals surface area contributed by atoms with E-state index in [1.54, 1.807) is 18.7 Å².